The molecular weight excluding hydrogens is 274 g/mol. The summed E-state index contributed by atoms with van der Waals surface area (Å²) >= 11 is 5.32. The molecule has 0 unspecified atom stereocenters. The standard InChI is InChI=1S/C11H16BrNOS/c1-15-6-2-5-13-8-9-7-10(14)3-4-11(9)12/h3-4,7,13-14H,2,5-6,8H2,1H3. The Morgan fingerprint density at radius 3 is 3.00 bits per heavy atom. The maximum atomic E-state index is 9.33. The Kier molecular flexibility index (Phi) is 6.13. The topological polar surface area (TPSA) is 32.3 Å². The highest BCUT2D eigenvalue weighted by molar-refractivity contribution is 9.10. The van der Waals surface area contributed by atoms with Crippen molar-refractivity contribution in [3.05, 3.63) is 28.2 Å². The number of phenols is 1. The zero-order valence-electron chi connectivity index (χ0n) is 8.79. The van der Waals surface area contributed by atoms with Crippen LogP contribution in [0.3, 0.4) is 0 Å². The van der Waals surface area contributed by atoms with Crippen LogP contribution in [0.1, 0.15) is 12.0 Å². The van der Waals surface area contributed by atoms with Crippen LogP contribution in [-0.2, 0) is 6.54 Å². The summed E-state index contributed by atoms with van der Waals surface area (Å²) in [5, 5.41) is 12.7. The minimum atomic E-state index is 0.319. The summed E-state index contributed by atoms with van der Waals surface area (Å²) in [5.74, 6) is 1.51. The Balaban J connectivity index is 2.33. The van der Waals surface area contributed by atoms with Gasteiger partial charge in [0.05, 0.1) is 0 Å². The van der Waals surface area contributed by atoms with Gasteiger partial charge in [0.1, 0.15) is 5.75 Å². The maximum absolute atomic E-state index is 9.33. The summed E-state index contributed by atoms with van der Waals surface area (Å²) in [6.07, 6.45) is 3.30. The summed E-state index contributed by atoms with van der Waals surface area (Å²) in [7, 11) is 0. The van der Waals surface area contributed by atoms with E-state index in [2.05, 4.69) is 27.5 Å². The van der Waals surface area contributed by atoms with Gasteiger partial charge in [0.25, 0.3) is 0 Å². The van der Waals surface area contributed by atoms with Crippen molar-refractivity contribution < 1.29 is 5.11 Å². The fraction of sp³-hybridized carbons (Fsp3) is 0.455. The van der Waals surface area contributed by atoms with E-state index in [4.69, 9.17) is 0 Å². The van der Waals surface area contributed by atoms with Crippen LogP contribution < -0.4 is 5.32 Å². The molecule has 0 aliphatic carbocycles. The summed E-state index contributed by atoms with van der Waals surface area (Å²) in [4.78, 5) is 0. The molecule has 0 heterocycles. The predicted molar refractivity (Wildman–Crippen MR) is 70.5 cm³/mol. The molecule has 0 saturated heterocycles. The van der Waals surface area contributed by atoms with Gasteiger partial charge in [-0.1, -0.05) is 15.9 Å². The van der Waals surface area contributed by atoms with Crippen LogP contribution in [-0.4, -0.2) is 23.7 Å². The lowest BCUT2D eigenvalue weighted by molar-refractivity contribution is 0.474. The van der Waals surface area contributed by atoms with E-state index in [1.165, 1.54) is 12.2 Å². The fourth-order valence-electron chi connectivity index (χ4n) is 1.26. The van der Waals surface area contributed by atoms with Gasteiger partial charge in [-0.3, -0.25) is 0 Å². The van der Waals surface area contributed by atoms with Gasteiger partial charge >= 0.3 is 0 Å². The molecule has 2 N–H and O–H groups in total. The number of thioether (sulfide) groups is 1. The van der Waals surface area contributed by atoms with Crippen LogP contribution in [0.4, 0.5) is 0 Å². The molecular formula is C11H16BrNOS. The van der Waals surface area contributed by atoms with E-state index in [1.807, 2.05) is 17.8 Å². The average molecular weight is 290 g/mol. The van der Waals surface area contributed by atoms with Crippen molar-refractivity contribution in [2.75, 3.05) is 18.6 Å². The number of phenolic OH excluding ortho intramolecular Hbond substituents is 1. The first-order valence-electron chi connectivity index (χ1n) is 4.91. The second-order valence-corrected chi connectivity index (χ2v) is 5.14. The third kappa shape index (κ3) is 4.91. The minimum absolute atomic E-state index is 0.319. The number of halogens is 1. The molecule has 1 aromatic carbocycles. The van der Waals surface area contributed by atoms with Gasteiger partial charge in [0.15, 0.2) is 0 Å². The number of rotatable bonds is 6. The second kappa shape index (κ2) is 7.14. The van der Waals surface area contributed by atoms with Gasteiger partial charge in [0, 0.05) is 11.0 Å². The molecule has 0 radical (unpaired) electrons. The Morgan fingerprint density at radius 2 is 2.27 bits per heavy atom. The number of aromatic hydroxyl groups is 1. The first kappa shape index (κ1) is 12.9. The molecule has 0 amide bonds. The first-order chi connectivity index (χ1) is 7.24. The zero-order valence-corrected chi connectivity index (χ0v) is 11.2. The van der Waals surface area contributed by atoms with E-state index in [1.54, 1.807) is 12.1 Å². The predicted octanol–water partition coefficient (Wildman–Crippen LogP) is 3.00. The van der Waals surface area contributed by atoms with Gasteiger partial charge in [-0.05, 0) is 48.7 Å². The third-order valence-electron chi connectivity index (χ3n) is 2.05. The van der Waals surface area contributed by atoms with Crippen molar-refractivity contribution in [2.24, 2.45) is 0 Å². The molecule has 0 fully saturated rings. The molecule has 0 spiro atoms. The monoisotopic (exact) mass is 289 g/mol. The molecule has 1 rings (SSSR count). The van der Waals surface area contributed by atoms with Crippen molar-refractivity contribution in [3.63, 3.8) is 0 Å². The highest BCUT2D eigenvalue weighted by atomic mass is 79.9. The summed E-state index contributed by atoms with van der Waals surface area (Å²) in [6.45, 7) is 1.81. The first-order valence-corrected chi connectivity index (χ1v) is 7.10. The van der Waals surface area contributed by atoms with Crippen LogP contribution in [0.5, 0.6) is 5.75 Å². The largest absolute Gasteiger partial charge is 0.508 e. The highest BCUT2D eigenvalue weighted by Gasteiger charge is 2.00. The quantitative estimate of drug-likeness (QED) is 0.790. The average Bonchev–Trinajstić information content (AvgIpc) is 2.23. The van der Waals surface area contributed by atoms with Crippen LogP contribution in [0.15, 0.2) is 22.7 Å². The van der Waals surface area contributed by atoms with E-state index in [-0.39, 0.29) is 0 Å². The lowest BCUT2D eigenvalue weighted by Crippen LogP contribution is -2.15. The second-order valence-electron chi connectivity index (χ2n) is 3.30. The normalized spacial score (nSPS) is 10.5. The zero-order chi connectivity index (χ0) is 11.1. The van der Waals surface area contributed by atoms with Crippen molar-refractivity contribution in [3.8, 4) is 5.75 Å². The van der Waals surface area contributed by atoms with Crippen molar-refractivity contribution in [1.82, 2.24) is 5.32 Å². The van der Waals surface area contributed by atoms with Crippen molar-refractivity contribution in [2.45, 2.75) is 13.0 Å². The van der Waals surface area contributed by atoms with Crippen LogP contribution in [0.25, 0.3) is 0 Å². The number of benzene rings is 1. The molecule has 0 aliphatic rings. The molecule has 84 valence electrons. The lowest BCUT2D eigenvalue weighted by Gasteiger charge is -2.07. The molecule has 0 aliphatic heterocycles. The number of hydrogen-bond acceptors (Lipinski definition) is 3. The number of hydrogen-bond donors (Lipinski definition) is 2. The fourth-order valence-corrected chi connectivity index (χ4v) is 2.08. The van der Waals surface area contributed by atoms with E-state index in [9.17, 15) is 5.11 Å². The SMILES string of the molecule is CSCCCNCc1cc(O)ccc1Br. The van der Waals surface area contributed by atoms with Crippen molar-refractivity contribution >= 4 is 27.7 Å². The van der Waals surface area contributed by atoms with E-state index < -0.39 is 0 Å². The number of nitrogens with one attached hydrogen (secondary N) is 1. The minimum Gasteiger partial charge on any atom is -0.508 e. The summed E-state index contributed by atoms with van der Waals surface area (Å²) in [5.41, 5.74) is 1.10. The molecule has 2 nitrogen and oxygen atoms in total. The summed E-state index contributed by atoms with van der Waals surface area (Å²) < 4.78 is 1.04. The van der Waals surface area contributed by atoms with Gasteiger partial charge in [-0.15, -0.1) is 0 Å². The van der Waals surface area contributed by atoms with E-state index in [0.29, 0.717) is 5.75 Å². The van der Waals surface area contributed by atoms with E-state index >= 15 is 0 Å². The highest BCUT2D eigenvalue weighted by Crippen LogP contribution is 2.21. The lowest BCUT2D eigenvalue weighted by atomic mass is 10.2. The molecule has 0 saturated carbocycles. The molecule has 4 heteroatoms. The molecule has 0 aromatic heterocycles. The third-order valence-corrected chi connectivity index (χ3v) is 3.52. The van der Waals surface area contributed by atoms with Crippen LogP contribution >= 0.6 is 27.7 Å². The van der Waals surface area contributed by atoms with E-state index in [0.717, 1.165) is 23.1 Å². The Bertz CT molecular complexity index is 307. The van der Waals surface area contributed by atoms with Gasteiger partial charge in [-0.2, -0.15) is 11.8 Å². The van der Waals surface area contributed by atoms with Crippen LogP contribution in [0.2, 0.25) is 0 Å². The smallest absolute Gasteiger partial charge is 0.115 e. The Hall–Kier alpha value is -0.190. The van der Waals surface area contributed by atoms with Crippen LogP contribution in [0, 0.1) is 0 Å². The van der Waals surface area contributed by atoms with Crippen molar-refractivity contribution in [1.29, 1.82) is 0 Å². The molecule has 1 aromatic rings. The Morgan fingerprint density at radius 1 is 1.47 bits per heavy atom. The maximum Gasteiger partial charge on any atom is 0.115 e. The van der Waals surface area contributed by atoms with Gasteiger partial charge in [-0.25, -0.2) is 0 Å². The van der Waals surface area contributed by atoms with Gasteiger partial charge < -0.3 is 10.4 Å². The molecule has 15 heavy (non-hydrogen) atoms. The van der Waals surface area contributed by atoms with Gasteiger partial charge in [0.2, 0.25) is 0 Å². The summed E-state index contributed by atoms with van der Waals surface area (Å²) in [6, 6.07) is 5.33. The molecule has 0 atom stereocenters. The molecule has 0 bridgehead atoms. The Labute approximate surface area is 104 Å².